The number of hydrogen-bond acceptors (Lipinski definition) is 2. The smallest absolute Gasteiger partial charge is 0.304 e. The summed E-state index contributed by atoms with van der Waals surface area (Å²) in [5, 5.41) is 2.48. The van der Waals surface area contributed by atoms with Gasteiger partial charge < -0.3 is 5.32 Å². The van der Waals surface area contributed by atoms with Crippen molar-refractivity contribution in [3.05, 3.63) is 63.6 Å². The molecule has 0 saturated carbocycles. The number of hydrazine groups is 1. The van der Waals surface area contributed by atoms with Crippen molar-refractivity contribution in [1.29, 1.82) is 0 Å². The summed E-state index contributed by atoms with van der Waals surface area (Å²) in [6.45, 7) is 0. The highest BCUT2D eigenvalue weighted by Gasteiger charge is 2.12. The fourth-order valence-electron chi connectivity index (χ4n) is 1.60. The van der Waals surface area contributed by atoms with E-state index < -0.39 is 23.6 Å². The highest BCUT2D eigenvalue weighted by molar-refractivity contribution is 6.36. The van der Waals surface area contributed by atoms with Crippen LogP contribution in [-0.2, 0) is 0 Å². The number of rotatable bonds is 2. The fraction of sp³-hybridized carbons (Fsp3) is 0. The van der Waals surface area contributed by atoms with Crippen molar-refractivity contribution in [1.82, 2.24) is 10.9 Å². The Labute approximate surface area is 139 Å². The minimum absolute atomic E-state index is 0.0771. The summed E-state index contributed by atoms with van der Waals surface area (Å²) in [5.41, 5.74) is 3.76. The summed E-state index contributed by atoms with van der Waals surface area (Å²) >= 11 is 11.5. The predicted molar refractivity (Wildman–Crippen MR) is 82.4 cm³/mol. The van der Waals surface area contributed by atoms with Crippen molar-refractivity contribution in [3.63, 3.8) is 0 Å². The number of halogens is 4. The van der Waals surface area contributed by atoms with Gasteiger partial charge in [0.1, 0.15) is 11.6 Å². The number of amides is 3. The highest BCUT2D eigenvalue weighted by Crippen LogP contribution is 2.20. The molecule has 0 saturated heterocycles. The average molecular weight is 360 g/mol. The third-order valence-electron chi connectivity index (χ3n) is 2.64. The zero-order valence-electron chi connectivity index (χ0n) is 11.3. The first kappa shape index (κ1) is 17.0. The van der Waals surface area contributed by atoms with Crippen LogP contribution in [-0.4, -0.2) is 11.9 Å². The van der Waals surface area contributed by atoms with Crippen LogP contribution >= 0.6 is 23.2 Å². The summed E-state index contributed by atoms with van der Waals surface area (Å²) in [4.78, 5) is 23.4. The van der Waals surface area contributed by atoms with Crippen LogP contribution in [0.2, 0.25) is 10.0 Å². The van der Waals surface area contributed by atoms with Crippen molar-refractivity contribution >= 4 is 40.8 Å². The van der Waals surface area contributed by atoms with Crippen molar-refractivity contribution in [2.75, 3.05) is 5.32 Å². The minimum atomic E-state index is -0.965. The van der Waals surface area contributed by atoms with Crippen molar-refractivity contribution in [2.45, 2.75) is 0 Å². The third-order valence-corrected chi connectivity index (χ3v) is 3.19. The Hall–Kier alpha value is -2.38. The lowest BCUT2D eigenvalue weighted by Gasteiger charge is -2.10. The third kappa shape index (κ3) is 4.54. The molecule has 2 aromatic carbocycles. The van der Waals surface area contributed by atoms with E-state index in [9.17, 15) is 18.4 Å². The van der Waals surface area contributed by atoms with Gasteiger partial charge in [-0.2, -0.15) is 0 Å². The predicted octanol–water partition coefficient (Wildman–Crippen LogP) is 3.74. The van der Waals surface area contributed by atoms with E-state index in [0.29, 0.717) is 5.02 Å². The highest BCUT2D eigenvalue weighted by atomic mass is 35.5. The molecular formula is C14H9Cl2F2N3O2. The second-order valence-electron chi connectivity index (χ2n) is 4.28. The van der Waals surface area contributed by atoms with Crippen molar-refractivity contribution in [3.8, 4) is 0 Å². The Balaban J connectivity index is 1.96. The molecule has 5 nitrogen and oxygen atoms in total. The van der Waals surface area contributed by atoms with Crippen molar-refractivity contribution < 1.29 is 18.4 Å². The van der Waals surface area contributed by atoms with Gasteiger partial charge >= 0.3 is 6.03 Å². The van der Waals surface area contributed by atoms with Crippen LogP contribution < -0.4 is 16.2 Å². The van der Waals surface area contributed by atoms with Gasteiger partial charge in [-0.25, -0.2) is 19.0 Å². The summed E-state index contributed by atoms with van der Waals surface area (Å²) in [6.07, 6.45) is 0. The monoisotopic (exact) mass is 359 g/mol. The molecule has 0 atom stereocenters. The first-order valence-corrected chi connectivity index (χ1v) is 6.90. The van der Waals surface area contributed by atoms with E-state index in [4.69, 9.17) is 23.2 Å². The molecular weight excluding hydrogens is 351 g/mol. The number of urea groups is 1. The second-order valence-corrected chi connectivity index (χ2v) is 5.13. The molecule has 0 unspecified atom stereocenters. The number of carbonyl (C=O) groups excluding carboxylic acids is 2. The maximum atomic E-state index is 13.4. The molecule has 120 valence electrons. The Kier molecular flexibility index (Phi) is 5.36. The van der Waals surface area contributed by atoms with Crippen LogP contribution in [0.4, 0.5) is 19.3 Å². The van der Waals surface area contributed by atoms with Gasteiger partial charge in [0.05, 0.1) is 16.3 Å². The van der Waals surface area contributed by atoms with E-state index in [0.717, 1.165) is 18.2 Å². The van der Waals surface area contributed by atoms with E-state index in [2.05, 4.69) is 5.43 Å². The first-order chi connectivity index (χ1) is 10.9. The quantitative estimate of drug-likeness (QED) is 0.714. The molecule has 3 N–H and O–H groups in total. The summed E-state index contributed by atoms with van der Waals surface area (Å²) in [6, 6.07) is 5.77. The second kappa shape index (κ2) is 7.26. The van der Waals surface area contributed by atoms with Gasteiger partial charge in [-0.1, -0.05) is 23.2 Å². The van der Waals surface area contributed by atoms with Gasteiger partial charge in [0.15, 0.2) is 0 Å². The van der Waals surface area contributed by atoms with Crippen LogP contribution in [0.5, 0.6) is 0 Å². The molecule has 3 amide bonds. The number of nitrogens with one attached hydrogen (secondary N) is 3. The Morgan fingerprint density at radius 2 is 1.70 bits per heavy atom. The number of benzene rings is 2. The molecule has 0 radical (unpaired) electrons. The fourth-order valence-corrected chi connectivity index (χ4v) is 2.10. The Morgan fingerprint density at radius 1 is 0.957 bits per heavy atom. The molecule has 9 heteroatoms. The van der Waals surface area contributed by atoms with Crippen LogP contribution in [0.25, 0.3) is 0 Å². The maximum absolute atomic E-state index is 13.4. The largest absolute Gasteiger partial charge is 0.338 e. The lowest BCUT2D eigenvalue weighted by molar-refractivity contribution is 0.0938. The zero-order chi connectivity index (χ0) is 17.0. The van der Waals surface area contributed by atoms with Crippen LogP contribution in [0, 0.1) is 11.6 Å². The van der Waals surface area contributed by atoms with E-state index in [1.165, 1.54) is 18.2 Å². The maximum Gasteiger partial charge on any atom is 0.338 e. The Morgan fingerprint density at radius 3 is 2.39 bits per heavy atom. The molecule has 0 heterocycles. The number of anilines is 1. The zero-order valence-corrected chi connectivity index (χ0v) is 12.8. The van der Waals surface area contributed by atoms with Crippen LogP contribution in [0.3, 0.4) is 0 Å². The molecule has 0 spiro atoms. The molecule has 0 bridgehead atoms. The summed E-state index contributed by atoms with van der Waals surface area (Å²) in [5.74, 6) is -2.26. The standard InChI is InChI=1S/C14H9Cl2F2N3O2/c15-7-1-3-9(10(16)5-7)13(22)20-21-14(23)19-12-6-8(17)2-4-11(12)18/h1-6H,(H,20,22)(H2,19,21,23). The average Bonchev–Trinajstić information content (AvgIpc) is 2.48. The van der Waals surface area contributed by atoms with Crippen LogP contribution in [0.15, 0.2) is 36.4 Å². The van der Waals surface area contributed by atoms with Gasteiger partial charge in [0, 0.05) is 11.1 Å². The van der Waals surface area contributed by atoms with Gasteiger partial charge in [0.25, 0.3) is 5.91 Å². The van der Waals surface area contributed by atoms with E-state index in [-0.39, 0.29) is 16.3 Å². The Bertz CT molecular complexity index is 772. The molecule has 2 rings (SSSR count). The number of hydrogen-bond donors (Lipinski definition) is 3. The molecule has 0 fully saturated rings. The van der Waals surface area contributed by atoms with E-state index >= 15 is 0 Å². The molecule has 0 aromatic heterocycles. The molecule has 0 aliphatic rings. The van der Waals surface area contributed by atoms with Crippen LogP contribution in [0.1, 0.15) is 10.4 Å². The van der Waals surface area contributed by atoms with Gasteiger partial charge in [-0.05, 0) is 30.3 Å². The minimum Gasteiger partial charge on any atom is -0.304 e. The topological polar surface area (TPSA) is 70.2 Å². The van der Waals surface area contributed by atoms with Gasteiger partial charge in [0.2, 0.25) is 0 Å². The van der Waals surface area contributed by atoms with Crippen molar-refractivity contribution in [2.24, 2.45) is 0 Å². The summed E-state index contributed by atoms with van der Waals surface area (Å²) < 4.78 is 26.3. The normalized spacial score (nSPS) is 10.1. The summed E-state index contributed by atoms with van der Waals surface area (Å²) in [7, 11) is 0. The lowest BCUT2D eigenvalue weighted by Crippen LogP contribution is -2.44. The van der Waals surface area contributed by atoms with E-state index in [1.807, 2.05) is 10.7 Å². The van der Waals surface area contributed by atoms with Gasteiger partial charge in [-0.3, -0.25) is 10.2 Å². The lowest BCUT2D eigenvalue weighted by atomic mass is 10.2. The van der Waals surface area contributed by atoms with Gasteiger partial charge in [-0.15, -0.1) is 0 Å². The molecule has 0 aliphatic heterocycles. The molecule has 0 aliphatic carbocycles. The molecule has 23 heavy (non-hydrogen) atoms. The molecule has 2 aromatic rings. The number of carbonyl (C=O) groups is 2. The SMILES string of the molecule is O=C(NNC(=O)c1ccc(Cl)cc1Cl)Nc1cc(F)ccc1F. The first-order valence-electron chi connectivity index (χ1n) is 6.14. The van der Waals surface area contributed by atoms with E-state index in [1.54, 1.807) is 0 Å².